The highest BCUT2D eigenvalue weighted by Crippen LogP contribution is 2.33. The fourth-order valence-corrected chi connectivity index (χ4v) is 4.68. The second-order valence-electron chi connectivity index (χ2n) is 7.65. The van der Waals surface area contributed by atoms with E-state index in [0.29, 0.717) is 4.91 Å². The molecule has 4 nitrogen and oxygen atoms in total. The van der Waals surface area contributed by atoms with E-state index < -0.39 is 0 Å². The van der Waals surface area contributed by atoms with Crippen LogP contribution in [-0.2, 0) is 4.79 Å². The molecule has 5 rings (SSSR count). The topological polar surface area (TPSA) is 46.6 Å². The Kier molecular flexibility index (Phi) is 5.96. The van der Waals surface area contributed by atoms with Gasteiger partial charge in [0.15, 0.2) is 0 Å². The van der Waals surface area contributed by atoms with Crippen molar-refractivity contribution in [3.63, 3.8) is 0 Å². The molecule has 0 radical (unpaired) electrons. The van der Waals surface area contributed by atoms with E-state index in [1.807, 2.05) is 84.9 Å². The number of amides is 2. The smallest absolute Gasteiger partial charge is 0.293 e. The number of nitrogens with zero attached hydrogens (tertiary/aromatic N) is 1. The Labute approximate surface area is 196 Å². The number of ether oxygens (including phenoxy) is 1. The molecule has 1 fully saturated rings. The van der Waals surface area contributed by atoms with E-state index >= 15 is 0 Å². The Hall–Kier alpha value is -3.83. The van der Waals surface area contributed by atoms with Crippen molar-refractivity contribution in [3.05, 3.63) is 108 Å². The first kappa shape index (κ1) is 21.0. The monoisotopic (exact) mass is 451 g/mol. The third-order valence-corrected chi connectivity index (χ3v) is 6.42. The number of carbonyl (C=O) groups excluding carboxylic acids is 2. The summed E-state index contributed by atoms with van der Waals surface area (Å²) in [5, 5.41) is 1.82. The van der Waals surface area contributed by atoms with Crippen molar-refractivity contribution in [3.8, 4) is 16.9 Å². The van der Waals surface area contributed by atoms with Gasteiger partial charge in [-0.1, -0.05) is 91.0 Å². The molecule has 0 unspecified atom stereocenters. The predicted molar refractivity (Wildman–Crippen MR) is 134 cm³/mol. The van der Waals surface area contributed by atoms with Crippen molar-refractivity contribution in [1.82, 2.24) is 4.90 Å². The normalized spacial score (nSPS) is 14.9. The number of thioether (sulfide) groups is 1. The molecule has 1 aliphatic heterocycles. The molecule has 1 saturated heterocycles. The van der Waals surface area contributed by atoms with Gasteiger partial charge in [0.1, 0.15) is 12.4 Å². The first-order chi connectivity index (χ1) is 16.2. The van der Waals surface area contributed by atoms with Crippen molar-refractivity contribution in [2.45, 2.75) is 0 Å². The number of rotatable bonds is 6. The van der Waals surface area contributed by atoms with Crippen LogP contribution in [0.25, 0.3) is 28.0 Å². The molecule has 0 atom stereocenters. The Morgan fingerprint density at radius 1 is 0.758 bits per heavy atom. The number of carbonyl (C=O) groups is 2. The summed E-state index contributed by atoms with van der Waals surface area (Å²) in [4.78, 5) is 27.0. The van der Waals surface area contributed by atoms with Crippen LogP contribution in [-0.4, -0.2) is 29.2 Å². The van der Waals surface area contributed by atoms with E-state index in [1.165, 1.54) is 4.90 Å². The van der Waals surface area contributed by atoms with Gasteiger partial charge in [-0.05, 0) is 46.0 Å². The average Bonchev–Trinajstić information content (AvgIpc) is 3.12. The van der Waals surface area contributed by atoms with Gasteiger partial charge in [0.05, 0.1) is 11.4 Å². The van der Waals surface area contributed by atoms with Crippen molar-refractivity contribution in [2.24, 2.45) is 0 Å². The minimum atomic E-state index is -0.279. The zero-order valence-electron chi connectivity index (χ0n) is 17.8. The zero-order valence-corrected chi connectivity index (χ0v) is 18.6. The van der Waals surface area contributed by atoms with E-state index in [0.717, 1.165) is 45.0 Å². The molecule has 1 aliphatic rings. The maximum absolute atomic E-state index is 12.8. The average molecular weight is 452 g/mol. The van der Waals surface area contributed by atoms with E-state index in [2.05, 4.69) is 12.1 Å². The number of benzene rings is 4. The lowest BCUT2D eigenvalue weighted by Gasteiger charge is -2.14. The maximum Gasteiger partial charge on any atom is 0.293 e. The van der Waals surface area contributed by atoms with Crippen LogP contribution in [0.1, 0.15) is 5.56 Å². The molecule has 33 heavy (non-hydrogen) atoms. The minimum absolute atomic E-state index is 0.207. The van der Waals surface area contributed by atoms with Gasteiger partial charge in [-0.25, -0.2) is 0 Å². The molecule has 0 saturated carbocycles. The molecule has 4 aromatic rings. The highest BCUT2D eigenvalue weighted by Gasteiger charge is 2.34. The van der Waals surface area contributed by atoms with E-state index in [4.69, 9.17) is 4.74 Å². The number of hydrogen-bond donors (Lipinski definition) is 0. The molecule has 0 N–H and O–H groups in total. The second kappa shape index (κ2) is 9.35. The maximum atomic E-state index is 12.8. The Bertz CT molecular complexity index is 1340. The van der Waals surface area contributed by atoms with Crippen LogP contribution in [0, 0.1) is 0 Å². The van der Waals surface area contributed by atoms with Crippen LogP contribution in [0.4, 0.5) is 4.79 Å². The molecule has 162 valence electrons. The molecule has 4 aromatic carbocycles. The quantitative estimate of drug-likeness (QED) is 0.309. The zero-order chi connectivity index (χ0) is 22.6. The number of imide groups is 1. The number of hydrogen-bond acceptors (Lipinski definition) is 4. The third kappa shape index (κ3) is 4.54. The van der Waals surface area contributed by atoms with Gasteiger partial charge in [0.25, 0.3) is 11.1 Å². The molecular formula is C28H21NO3S. The molecule has 0 bridgehead atoms. The highest BCUT2D eigenvalue weighted by molar-refractivity contribution is 8.18. The van der Waals surface area contributed by atoms with Crippen molar-refractivity contribution in [2.75, 3.05) is 13.2 Å². The summed E-state index contributed by atoms with van der Waals surface area (Å²) in [6.45, 7) is 0.448. The van der Waals surface area contributed by atoms with Crippen LogP contribution < -0.4 is 4.74 Å². The van der Waals surface area contributed by atoms with E-state index in [9.17, 15) is 9.59 Å². The van der Waals surface area contributed by atoms with Crippen LogP contribution in [0.3, 0.4) is 0 Å². The van der Waals surface area contributed by atoms with Crippen LogP contribution in [0.5, 0.6) is 5.75 Å². The SMILES string of the molecule is O=C1S/C(=C\c2ccc(-c3ccccc3)cc2)C(=O)N1CCOc1cccc2ccccc12. The number of fused-ring (bicyclic) bond motifs is 1. The molecular weight excluding hydrogens is 430 g/mol. The highest BCUT2D eigenvalue weighted by atomic mass is 32.2. The van der Waals surface area contributed by atoms with Gasteiger partial charge in [0.2, 0.25) is 0 Å². The lowest BCUT2D eigenvalue weighted by atomic mass is 10.0. The Morgan fingerprint density at radius 2 is 1.45 bits per heavy atom. The van der Waals surface area contributed by atoms with Gasteiger partial charge >= 0.3 is 0 Å². The molecule has 0 aromatic heterocycles. The van der Waals surface area contributed by atoms with E-state index in [1.54, 1.807) is 6.08 Å². The fourth-order valence-electron chi connectivity index (χ4n) is 3.81. The summed E-state index contributed by atoms with van der Waals surface area (Å²) in [6, 6.07) is 31.9. The fraction of sp³-hybridized carbons (Fsp3) is 0.0714. The summed E-state index contributed by atoms with van der Waals surface area (Å²) in [5.41, 5.74) is 3.12. The van der Waals surface area contributed by atoms with Gasteiger partial charge in [-0.15, -0.1) is 0 Å². The van der Waals surface area contributed by atoms with Crippen molar-refractivity contribution in [1.29, 1.82) is 0 Å². The lowest BCUT2D eigenvalue weighted by Crippen LogP contribution is -2.32. The summed E-state index contributed by atoms with van der Waals surface area (Å²) >= 11 is 0.969. The summed E-state index contributed by atoms with van der Waals surface area (Å²) in [5.74, 6) is 0.466. The molecule has 0 spiro atoms. The molecule has 5 heteroatoms. The summed E-state index contributed by atoms with van der Waals surface area (Å²) in [6.07, 6.45) is 1.77. The second-order valence-corrected chi connectivity index (χ2v) is 8.64. The van der Waals surface area contributed by atoms with Gasteiger partial charge in [0, 0.05) is 5.39 Å². The Morgan fingerprint density at radius 3 is 2.27 bits per heavy atom. The van der Waals surface area contributed by atoms with Gasteiger partial charge in [-0.3, -0.25) is 14.5 Å². The predicted octanol–water partition coefficient (Wildman–Crippen LogP) is 6.62. The largest absolute Gasteiger partial charge is 0.491 e. The van der Waals surface area contributed by atoms with Crippen LogP contribution in [0.15, 0.2) is 102 Å². The first-order valence-corrected chi connectivity index (χ1v) is 11.5. The molecule has 1 heterocycles. The summed E-state index contributed by atoms with van der Waals surface area (Å²) in [7, 11) is 0. The third-order valence-electron chi connectivity index (χ3n) is 5.51. The van der Waals surface area contributed by atoms with Gasteiger partial charge in [-0.2, -0.15) is 0 Å². The molecule has 2 amide bonds. The summed E-state index contributed by atoms with van der Waals surface area (Å²) < 4.78 is 5.91. The van der Waals surface area contributed by atoms with Crippen molar-refractivity contribution < 1.29 is 14.3 Å². The first-order valence-electron chi connectivity index (χ1n) is 10.7. The van der Waals surface area contributed by atoms with Gasteiger partial charge < -0.3 is 4.74 Å². The molecule has 0 aliphatic carbocycles. The lowest BCUT2D eigenvalue weighted by molar-refractivity contribution is -0.123. The standard InChI is InChI=1S/C28H21NO3S/c30-27-26(19-20-13-15-22(16-14-20)21-7-2-1-3-8-21)33-28(31)29(27)17-18-32-25-12-6-10-23-9-4-5-11-24(23)25/h1-16,19H,17-18H2/b26-19-. The van der Waals surface area contributed by atoms with E-state index in [-0.39, 0.29) is 24.3 Å². The van der Waals surface area contributed by atoms with Crippen molar-refractivity contribution >= 4 is 39.8 Å². The Balaban J connectivity index is 1.24. The van der Waals surface area contributed by atoms with Crippen LogP contribution >= 0.6 is 11.8 Å². The minimum Gasteiger partial charge on any atom is -0.491 e. The van der Waals surface area contributed by atoms with Crippen LogP contribution in [0.2, 0.25) is 0 Å².